The van der Waals surface area contributed by atoms with Gasteiger partial charge in [-0.05, 0) is 0 Å². The van der Waals surface area contributed by atoms with Crippen LogP contribution in [-0.4, -0.2) is 59.4 Å². The molecular weight excluding hydrogens is 180 g/mol. The van der Waals surface area contributed by atoms with Crippen molar-refractivity contribution >= 4 is 0 Å². The number of ether oxygens (including phenoxy) is 3. The second kappa shape index (κ2) is 2.88. The quantitative estimate of drug-likeness (QED) is 0.437. The van der Waals surface area contributed by atoms with Crippen molar-refractivity contribution in [2.24, 2.45) is 0 Å². The minimum Gasteiger partial charge on any atom is -0.387 e. The highest BCUT2D eigenvalue weighted by Gasteiger charge is 2.58. The molecule has 76 valence electrons. The summed E-state index contributed by atoms with van der Waals surface area (Å²) in [5.74, 6) is -1.79. The van der Waals surface area contributed by atoms with Crippen LogP contribution in [0.25, 0.3) is 0 Å². The number of rotatable bonds is 1. The predicted molar refractivity (Wildman–Crippen MR) is 38.6 cm³/mol. The lowest BCUT2D eigenvalue weighted by Gasteiger charge is -2.38. The minimum absolute atomic E-state index is 0.157. The molecule has 2 heterocycles. The number of aliphatic hydroxyl groups excluding tert-OH is 2. The SMILES string of the molecule is COC1C2OCC(O)(O2)C(O)C1O. The molecule has 6 heteroatoms. The molecule has 0 radical (unpaired) electrons. The van der Waals surface area contributed by atoms with Gasteiger partial charge in [-0.25, -0.2) is 0 Å². The first-order valence-corrected chi connectivity index (χ1v) is 3.99. The Bertz CT molecular complexity index is 207. The molecule has 0 aliphatic carbocycles. The molecule has 0 aromatic heterocycles. The van der Waals surface area contributed by atoms with E-state index in [9.17, 15) is 15.3 Å². The van der Waals surface area contributed by atoms with Crippen LogP contribution in [-0.2, 0) is 14.2 Å². The zero-order chi connectivity index (χ0) is 9.64. The highest BCUT2D eigenvalue weighted by Crippen LogP contribution is 2.35. The zero-order valence-corrected chi connectivity index (χ0v) is 7.08. The molecule has 0 aromatic rings. The topological polar surface area (TPSA) is 88.4 Å². The van der Waals surface area contributed by atoms with Crippen molar-refractivity contribution in [3.63, 3.8) is 0 Å². The van der Waals surface area contributed by atoms with Gasteiger partial charge in [0.25, 0.3) is 0 Å². The lowest BCUT2D eigenvalue weighted by molar-refractivity contribution is -0.324. The Kier molecular flexibility index (Phi) is 2.06. The van der Waals surface area contributed by atoms with Crippen molar-refractivity contribution in [2.45, 2.75) is 30.4 Å². The fourth-order valence-electron chi connectivity index (χ4n) is 1.65. The molecule has 3 N–H and O–H groups in total. The number of fused-ring (bicyclic) bond motifs is 2. The van der Waals surface area contributed by atoms with E-state index in [1.165, 1.54) is 7.11 Å². The Morgan fingerprint density at radius 3 is 2.77 bits per heavy atom. The molecule has 2 saturated heterocycles. The predicted octanol–water partition coefficient (Wildman–Crippen LogP) is -2.20. The van der Waals surface area contributed by atoms with Crippen LogP contribution in [0.5, 0.6) is 0 Å². The maximum absolute atomic E-state index is 9.56. The monoisotopic (exact) mass is 192 g/mol. The van der Waals surface area contributed by atoms with E-state index in [4.69, 9.17) is 14.2 Å². The first kappa shape index (κ1) is 9.32. The minimum atomic E-state index is -1.79. The van der Waals surface area contributed by atoms with Gasteiger partial charge in [0.05, 0.1) is 0 Å². The van der Waals surface area contributed by atoms with E-state index in [-0.39, 0.29) is 6.61 Å². The third-order valence-corrected chi connectivity index (χ3v) is 2.44. The Balaban J connectivity index is 2.23. The van der Waals surface area contributed by atoms with E-state index >= 15 is 0 Å². The van der Waals surface area contributed by atoms with E-state index in [1.54, 1.807) is 0 Å². The fraction of sp³-hybridized carbons (Fsp3) is 1.00. The summed E-state index contributed by atoms with van der Waals surface area (Å²) in [4.78, 5) is 0. The molecule has 2 aliphatic rings. The summed E-state index contributed by atoms with van der Waals surface area (Å²) >= 11 is 0. The molecule has 0 aromatic carbocycles. The summed E-state index contributed by atoms with van der Waals surface area (Å²) in [5.41, 5.74) is 0. The molecule has 0 saturated carbocycles. The molecule has 13 heavy (non-hydrogen) atoms. The molecule has 6 nitrogen and oxygen atoms in total. The summed E-state index contributed by atoms with van der Waals surface area (Å²) in [5, 5.41) is 28.5. The molecule has 2 bridgehead atoms. The third kappa shape index (κ3) is 1.18. The number of methoxy groups -OCH3 is 1. The fourth-order valence-corrected chi connectivity index (χ4v) is 1.65. The van der Waals surface area contributed by atoms with Gasteiger partial charge in [-0.2, -0.15) is 0 Å². The van der Waals surface area contributed by atoms with Gasteiger partial charge >= 0.3 is 0 Å². The van der Waals surface area contributed by atoms with Crippen LogP contribution in [0.3, 0.4) is 0 Å². The highest BCUT2D eigenvalue weighted by atomic mass is 16.8. The van der Waals surface area contributed by atoms with Crippen molar-refractivity contribution in [1.82, 2.24) is 0 Å². The molecular formula is C7H12O6. The average Bonchev–Trinajstić information content (AvgIpc) is 2.45. The summed E-state index contributed by atoms with van der Waals surface area (Å²) in [6.07, 6.45) is -4.18. The summed E-state index contributed by atoms with van der Waals surface area (Å²) < 4.78 is 14.9. The highest BCUT2D eigenvalue weighted by molar-refractivity contribution is 4.97. The van der Waals surface area contributed by atoms with Crippen LogP contribution in [0.15, 0.2) is 0 Å². The normalized spacial score (nSPS) is 55.4. The second-order valence-electron chi connectivity index (χ2n) is 3.28. The van der Waals surface area contributed by atoms with Crippen molar-refractivity contribution < 1.29 is 29.5 Å². The summed E-state index contributed by atoms with van der Waals surface area (Å²) in [7, 11) is 1.37. The van der Waals surface area contributed by atoms with Gasteiger partial charge in [-0.1, -0.05) is 0 Å². The molecule has 2 fully saturated rings. The first-order chi connectivity index (χ1) is 6.08. The largest absolute Gasteiger partial charge is 0.387 e. The second-order valence-corrected chi connectivity index (χ2v) is 3.28. The summed E-state index contributed by atoms with van der Waals surface area (Å²) in [6, 6.07) is 0. The third-order valence-electron chi connectivity index (χ3n) is 2.44. The molecule has 5 atom stereocenters. The molecule has 0 spiro atoms. The summed E-state index contributed by atoms with van der Waals surface area (Å²) in [6.45, 7) is -0.157. The van der Waals surface area contributed by atoms with Crippen molar-refractivity contribution in [3.05, 3.63) is 0 Å². The van der Waals surface area contributed by atoms with Crippen LogP contribution in [0.2, 0.25) is 0 Å². The Morgan fingerprint density at radius 2 is 2.15 bits per heavy atom. The maximum atomic E-state index is 9.56. The van der Waals surface area contributed by atoms with Crippen molar-refractivity contribution in [2.75, 3.05) is 13.7 Å². The Labute approximate surface area is 74.6 Å². The Hall–Kier alpha value is -0.240. The number of aliphatic hydroxyl groups is 3. The van der Waals surface area contributed by atoms with Crippen molar-refractivity contribution in [3.8, 4) is 0 Å². The smallest absolute Gasteiger partial charge is 0.221 e. The van der Waals surface area contributed by atoms with Gasteiger partial charge in [0.15, 0.2) is 6.29 Å². The van der Waals surface area contributed by atoms with E-state index < -0.39 is 30.4 Å². The van der Waals surface area contributed by atoms with Crippen LogP contribution in [0.1, 0.15) is 0 Å². The van der Waals surface area contributed by atoms with E-state index in [0.29, 0.717) is 0 Å². The number of hydrogen-bond donors (Lipinski definition) is 3. The van der Waals surface area contributed by atoms with E-state index in [0.717, 1.165) is 0 Å². The zero-order valence-electron chi connectivity index (χ0n) is 7.08. The van der Waals surface area contributed by atoms with E-state index in [1.807, 2.05) is 0 Å². The van der Waals surface area contributed by atoms with Crippen LogP contribution in [0.4, 0.5) is 0 Å². The van der Waals surface area contributed by atoms with Gasteiger partial charge in [0.1, 0.15) is 24.9 Å². The van der Waals surface area contributed by atoms with Gasteiger partial charge in [0, 0.05) is 7.11 Å². The first-order valence-electron chi connectivity index (χ1n) is 3.99. The van der Waals surface area contributed by atoms with Gasteiger partial charge in [-0.15, -0.1) is 0 Å². The van der Waals surface area contributed by atoms with Gasteiger partial charge in [-0.3, -0.25) is 0 Å². The lowest BCUT2D eigenvalue weighted by atomic mass is 9.98. The molecule has 2 aliphatic heterocycles. The molecule has 2 rings (SSSR count). The van der Waals surface area contributed by atoms with Crippen LogP contribution in [0, 0.1) is 0 Å². The molecule has 0 amide bonds. The van der Waals surface area contributed by atoms with Gasteiger partial charge in [0.2, 0.25) is 5.79 Å². The molecule has 5 unspecified atom stereocenters. The van der Waals surface area contributed by atoms with Crippen molar-refractivity contribution in [1.29, 1.82) is 0 Å². The van der Waals surface area contributed by atoms with Crippen LogP contribution >= 0.6 is 0 Å². The Morgan fingerprint density at radius 1 is 1.46 bits per heavy atom. The standard InChI is InChI=1S/C7H12O6/c1-11-4-3(8)5(9)7(10)2-12-6(4)13-7/h3-6,8-10H,2H2,1H3. The van der Waals surface area contributed by atoms with E-state index in [2.05, 4.69) is 0 Å². The lowest BCUT2D eigenvalue weighted by Crippen LogP contribution is -2.61. The maximum Gasteiger partial charge on any atom is 0.221 e. The average molecular weight is 192 g/mol. The van der Waals surface area contributed by atoms with Crippen LogP contribution < -0.4 is 0 Å². The number of hydrogen-bond acceptors (Lipinski definition) is 6. The van der Waals surface area contributed by atoms with Gasteiger partial charge < -0.3 is 29.5 Å².